The molecule has 2 N–H and O–H groups in total. The Kier molecular flexibility index (Phi) is 5.36. The third-order valence-corrected chi connectivity index (χ3v) is 4.92. The summed E-state index contributed by atoms with van der Waals surface area (Å²) in [6, 6.07) is 10.7. The third-order valence-electron chi connectivity index (χ3n) is 4.92. The SMILES string of the molecule is CCNC(=NCc1nnc(C)n1C)NCC1(Cc2ccccc2)CC1. The van der Waals surface area contributed by atoms with E-state index in [2.05, 4.69) is 63.1 Å². The summed E-state index contributed by atoms with van der Waals surface area (Å²) in [4.78, 5) is 4.67. The van der Waals surface area contributed by atoms with E-state index in [-0.39, 0.29) is 0 Å². The van der Waals surface area contributed by atoms with Gasteiger partial charge in [-0.2, -0.15) is 0 Å². The molecule has 25 heavy (non-hydrogen) atoms. The van der Waals surface area contributed by atoms with E-state index < -0.39 is 0 Å². The first-order chi connectivity index (χ1) is 12.1. The summed E-state index contributed by atoms with van der Waals surface area (Å²) in [7, 11) is 1.97. The van der Waals surface area contributed by atoms with Gasteiger partial charge in [0.25, 0.3) is 0 Å². The summed E-state index contributed by atoms with van der Waals surface area (Å²) in [5.41, 5.74) is 1.79. The van der Waals surface area contributed by atoms with Crippen LogP contribution in [-0.4, -0.2) is 33.8 Å². The van der Waals surface area contributed by atoms with Crippen LogP contribution >= 0.6 is 0 Å². The average Bonchev–Trinajstić information content (AvgIpc) is 3.31. The summed E-state index contributed by atoms with van der Waals surface area (Å²) in [6.07, 6.45) is 3.68. The normalized spacial score (nSPS) is 15.9. The topological polar surface area (TPSA) is 67.1 Å². The number of hydrogen-bond donors (Lipinski definition) is 2. The Labute approximate surface area is 149 Å². The van der Waals surface area contributed by atoms with Gasteiger partial charge in [0, 0.05) is 20.1 Å². The lowest BCUT2D eigenvalue weighted by molar-refractivity contribution is 0.492. The van der Waals surface area contributed by atoms with Crippen molar-refractivity contribution in [3.63, 3.8) is 0 Å². The molecule has 134 valence electrons. The van der Waals surface area contributed by atoms with Gasteiger partial charge in [-0.15, -0.1) is 10.2 Å². The van der Waals surface area contributed by atoms with Crippen LogP contribution in [0.4, 0.5) is 0 Å². The molecule has 6 nitrogen and oxygen atoms in total. The minimum Gasteiger partial charge on any atom is -0.357 e. The molecule has 1 aromatic carbocycles. The second kappa shape index (κ2) is 7.68. The van der Waals surface area contributed by atoms with Crippen LogP contribution in [0.2, 0.25) is 0 Å². The predicted octanol–water partition coefficient (Wildman–Crippen LogP) is 2.20. The molecule has 3 rings (SSSR count). The van der Waals surface area contributed by atoms with Gasteiger partial charge >= 0.3 is 0 Å². The van der Waals surface area contributed by atoms with E-state index in [4.69, 9.17) is 0 Å². The van der Waals surface area contributed by atoms with Crippen molar-refractivity contribution in [3.8, 4) is 0 Å². The Morgan fingerprint density at radius 2 is 1.96 bits per heavy atom. The molecular formula is C19H28N6. The standard InChI is InChI=1S/C19H28N6/c1-4-20-18(21-13-17-24-23-15(2)25(17)3)22-14-19(10-11-19)12-16-8-6-5-7-9-16/h5-9H,4,10-14H2,1-3H3,(H2,20,21,22). The highest BCUT2D eigenvalue weighted by Gasteiger charge is 2.42. The van der Waals surface area contributed by atoms with E-state index in [0.29, 0.717) is 12.0 Å². The summed E-state index contributed by atoms with van der Waals surface area (Å²) in [5, 5.41) is 15.1. The van der Waals surface area contributed by atoms with Crippen LogP contribution in [-0.2, 0) is 20.0 Å². The van der Waals surface area contributed by atoms with E-state index in [1.807, 2.05) is 18.5 Å². The first-order valence-corrected chi connectivity index (χ1v) is 9.03. The van der Waals surface area contributed by atoms with Crippen molar-refractivity contribution in [3.05, 3.63) is 47.5 Å². The molecule has 1 aromatic heterocycles. The molecule has 1 saturated carbocycles. The highest BCUT2D eigenvalue weighted by molar-refractivity contribution is 5.79. The zero-order valence-corrected chi connectivity index (χ0v) is 15.4. The van der Waals surface area contributed by atoms with Crippen molar-refractivity contribution < 1.29 is 0 Å². The lowest BCUT2D eigenvalue weighted by Crippen LogP contribution is -2.40. The van der Waals surface area contributed by atoms with Crippen LogP contribution in [0.1, 0.15) is 37.0 Å². The van der Waals surface area contributed by atoms with Crippen molar-refractivity contribution in [2.24, 2.45) is 17.5 Å². The number of guanidine groups is 1. The van der Waals surface area contributed by atoms with E-state index in [1.165, 1.54) is 18.4 Å². The Morgan fingerprint density at radius 3 is 2.56 bits per heavy atom. The largest absolute Gasteiger partial charge is 0.357 e. The first-order valence-electron chi connectivity index (χ1n) is 9.03. The number of aryl methyl sites for hydroxylation is 1. The van der Waals surface area contributed by atoms with Crippen molar-refractivity contribution in [1.29, 1.82) is 0 Å². The van der Waals surface area contributed by atoms with Gasteiger partial charge in [-0.25, -0.2) is 4.99 Å². The van der Waals surface area contributed by atoms with Crippen LogP contribution < -0.4 is 10.6 Å². The van der Waals surface area contributed by atoms with Crippen LogP contribution in [0.25, 0.3) is 0 Å². The fourth-order valence-corrected chi connectivity index (χ4v) is 2.97. The Balaban J connectivity index is 1.58. The predicted molar refractivity (Wildman–Crippen MR) is 100 cm³/mol. The zero-order valence-electron chi connectivity index (χ0n) is 15.4. The number of aliphatic imine (C=N–C) groups is 1. The van der Waals surface area contributed by atoms with Crippen LogP contribution in [0.3, 0.4) is 0 Å². The van der Waals surface area contributed by atoms with E-state index >= 15 is 0 Å². The quantitative estimate of drug-likeness (QED) is 0.599. The first kappa shape index (κ1) is 17.5. The van der Waals surface area contributed by atoms with E-state index in [0.717, 1.165) is 37.1 Å². The Bertz CT molecular complexity index is 715. The lowest BCUT2D eigenvalue weighted by atomic mass is 9.96. The highest BCUT2D eigenvalue weighted by atomic mass is 15.3. The van der Waals surface area contributed by atoms with Crippen molar-refractivity contribution in [2.75, 3.05) is 13.1 Å². The summed E-state index contributed by atoms with van der Waals surface area (Å²) in [6.45, 7) is 6.35. The molecule has 0 saturated heterocycles. The lowest BCUT2D eigenvalue weighted by Gasteiger charge is -2.18. The van der Waals surface area contributed by atoms with Gasteiger partial charge in [0.15, 0.2) is 11.8 Å². The molecule has 0 bridgehead atoms. The van der Waals surface area contributed by atoms with E-state index in [1.54, 1.807) is 0 Å². The third kappa shape index (κ3) is 4.59. The molecule has 0 radical (unpaired) electrons. The van der Waals surface area contributed by atoms with Gasteiger partial charge in [-0.3, -0.25) is 0 Å². The van der Waals surface area contributed by atoms with Gasteiger partial charge in [-0.1, -0.05) is 30.3 Å². The van der Waals surface area contributed by atoms with Gasteiger partial charge in [-0.05, 0) is 44.1 Å². The number of aromatic nitrogens is 3. The minimum atomic E-state index is 0.374. The number of nitrogens with zero attached hydrogens (tertiary/aromatic N) is 4. The second-order valence-electron chi connectivity index (χ2n) is 6.93. The number of nitrogens with one attached hydrogen (secondary N) is 2. The molecule has 1 fully saturated rings. The maximum absolute atomic E-state index is 4.67. The van der Waals surface area contributed by atoms with Crippen LogP contribution in [0.5, 0.6) is 0 Å². The molecule has 0 aliphatic heterocycles. The van der Waals surface area contributed by atoms with Gasteiger partial charge in [0.05, 0.1) is 0 Å². The smallest absolute Gasteiger partial charge is 0.191 e. The molecule has 0 atom stereocenters. The summed E-state index contributed by atoms with van der Waals surface area (Å²) in [5.74, 6) is 2.63. The maximum atomic E-state index is 4.67. The molecule has 1 aliphatic carbocycles. The van der Waals surface area contributed by atoms with Gasteiger partial charge in [0.1, 0.15) is 12.4 Å². The molecule has 0 amide bonds. The van der Waals surface area contributed by atoms with Crippen LogP contribution in [0, 0.1) is 12.3 Å². The number of benzene rings is 1. The second-order valence-corrected chi connectivity index (χ2v) is 6.93. The molecule has 1 aliphatic rings. The fraction of sp³-hybridized carbons (Fsp3) is 0.526. The van der Waals surface area contributed by atoms with Gasteiger partial charge < -0.3 is 15.2 Å². The summed E-state index contributed by atoms with van der Waals surface area (Å²) < 4.78 is 1.98. The number of rotatable bonds is 7. The van der Waals surface area contributed by atoms with Crippen molar-refractivity contribution >= 4 is 5.96 Å². The fourth-order valence-electron chi connectivity index (χ4n) is 2.97. The molecule has 2 aromatic rings. The molecule has 0 unspecified atom stereocenters. The van der Waals surface area contributed by atoms with Crippen molar-refractivity contribution in [1.82, 2.24) is 25.4 Å². The molecule has 0 spiro atoms. The van der Waals surface area contributed by atoms with Crippen molar-refractivity contribution in [2.45, 2.75) is 39.7 Å². The summed E-state index contributed by atoms with van der Waals surface area (Å²) >= 11 is 0. The Morgan fingerprint density at radius 1 is 1.20 bits per heavy atom. The average molecular weight is 340 g/mol. The van der Waals surface area contributed by atoms with E-state index in [9.17, 15) is 0 Å². The maximum Gasteiger partial charge on any atom is 0.191 e. The molecule has 6 heteroatoms. The number of hydrogen-bond acceptors (Lipinski definition) is 3. The highest BCUT2D eigenvalue weighted by Crippen LogP contribution is 2.47. The Hall–Kier alpha value is -2.37. The minimum absolute atomic E-state index is 0.374. The van der Waals surface area contributed by atoms with Gasteiger partial charge in [0.2, 0.25) is 0 Å². The molecular weight excluding hydrogens is 312 g/mol. The van der Waals surface area contributed by atoms with Crippen LogP contribution in [0.15, 0.2) is 35.3 Å². The zero-order chi connectivity index (χ0) is 17.7. The monoisotopic (exact) mass is 340 g/mol. The molecule has 1 heterocycles.